The number of hydrogen-bond acceptors (Lipinski definition) is 2. The average Bonchev–Trinajstić information content (AvgIpc) is 2.15. The number of halogens is 2. The zero-order valence-corrected chi connectivity index (χ0v) is 9.89. The number of hydrogen-bond donors (Lipinski definition) is 0. The first kappa shape index (κ1) is 11.6. The molecule has 1 unspecified atom stereocenters. The molecule has 1 heterocycles. The first-order chi connectivity index (χ1) is 6.61. The van der Waals surface area contributed by atoms with Crippen LogP contribution in [0.3, 0.4) is 0 Å². The van der Waals surface area contributed by atoms with E-state index in [1.807, 2.05) is 31.0 Å². The van der Waals surface area contributed by atoms with Crippen molar-refractivity contribution in [1.29, 1.82) is 0 Å². The first-order valence-corrected chi connectivity index (χ1v) is 5.38. The van der Waals surface area contributed by atoms with Gasteiger partial charge in [-0.25, -0.2) is 4.98 Å². The van der Waals surface area contributed by atoms with Crippen LogP contribution in [0.1, 0.15) is 13.3 Å². The molecule has 0 aliphatic heterocycles. The molecule has 0 aliphatic carbocycles. The van der Waals surface area contributed by atoms with Crippen molar-refractivity contribution in [2.45, 2.75) is 18.7 Å². The van der Waals surface area contributed by atoms with Crippen molar-refractivity contribution in [3.63, 3.8) is 0 Å². The van der Waals surface area contributed by atoms with Crippen molar-refractivity contribution >= 4 is 29.0 Å². The molecule has 0 aromatic carbocycles. The zero-order valence-electron chi connectivity index (χ0n) is 8.37. The van der Waals surface area contributed by atoms with Gasteiger partial charge < -0.3 is 4.90 Å². The van der Waals surface area contributed by atoms with E-state index >= 15 is 0 Å². The zero-order chi connectivity index (χ0) is 10.6. The third kappa shape index (κ3) is 3.35. The number of nitrogens with zero attached hydrogens (tertiary/aromatic N) is 2. The van der Waals surface area contributed by atoms with Crippen LogP contribution in [0.5, 0.6) is 0 Å². The van der Waals surface area contributed by atoms with E-state index in [-0.39, 0.29) is 5.38 Å². The molecule has 0 N–H and O–H groups in total. The SMILES string of the molecule is CC(Cl)CCN(C)c1ncccc1Cl. The quantitative estimate of drug-likeness (QED) is 0.742. The van der Waals surface area contributed by atoms with Crippen molar-refractivity contribution in [1.82, 2.24) is 4.98 Å². The highest BCUT2D eigenvalue weighted by Crippen LogP contribution is 2.21. The van der Waals surface area contributed by atoms with Gasteiger partial charge in [0.1, 0.15) is 5.82 Å². The molecule has 0 amide bonds. The minimum absolute atomic E-state index is 0.180. The van der Waals surface area contributed by atoms with Crippen molar-refractivity contribution < 1.29 is 0 Å². The van der Waals surface area contributed by atoms with Gasteiger partial charge in [0, 0.05) is 25.2 Å². The van der Waals surface area contributed by atoms with Crippen LogP contribution in [0, 0.1) is 0 Å². The molecule has 2 nitrogen and oxygen atoms in total. The molecule has 1 atom stereocenters. The van der Waals surface area contributed by atoms with E-state index in [1.54, 1.807) is 6.20 Å². The molecule has 0 bridgehead atoms. The maximum absolute atomic E-state index is 6.00. The fourth-order valence-electron chi connectivity index (χ4n) is 1.14. The van der Waals surface area contributed by atoms with Gasteiger partial charge >= 0.3 is 0 Å². The van der Waals surface area contributed by atoms with Crippen LogP contribution in [-0.2, 0) is 0 Å². The molecule has 0 radical (unpaired) electrons. The normalized spacial score (nSPS) is 12.6. The van der Waals surface area contributed by atoms with E-state index < -0.39 is 0 Å². The Labute approximate surface area is 94.8 Å². The molecule has 0 saturated heterocycles. The van der Waals surface area contributed by atoms with Gasteiger partial charge in [-0.05, 0) is 25.5 Å². The summed E-state index contributed by atoms with van der Waals surface area (Å²) < 4.78 is 0. The van der Waals surface area contributed by atoms with E-state index in [9.17, 15) is 0 Å². The summed E-state index contributed by atoms with van der Waals surface area (Å²) in [6, 6.07) is 3.66. The van der Waals surface area contributed by atoms with Crippen LogP contribution in [0.25, 0.3) is 0 Å². The lowest BCUT2D eigenvalue weighted by Crippen LogP contribution is -2.21. The Bertz CT molecular complexity index is 289. The number of alkyl halides is 1. The lowest BCUT2D eigenvalue weighted by molar-refractivity contribution is 0.766. The van der Waals surface area contributed by atoms with E-state index in [0.717, 1.165) is 18.8 Å². The van der Waals surface area contributed by atoms with E-state index in [4.69, 9.17) is 23.2 Å². The molecule has 1 aromatic rings. The average molecular weight is 233 g/mol. The van der Waals surface area contributed by atoms with Crippen LogP contribution in [0.15, 0.2) is 18.3 Å². The van der Waals surface area contributed by atoms with Crippen LogP contribution >= 0.6 is 23.2 Å². The van der Waals surface area contributed by atoms with Gasteiger partial charge in [0.25, 0.3) is 0 Å². The van der Waals surface area contributed by atoms with Gasteiger partial charge in [-0.1, -0.05) is 11.6 Å². The maximum Gasteiger partial charge on any atom is 0.147 e. The molecular formula is C10H14Cl2N2. The second-order valence-corrected chi connectivity index (χ2v) is 4.45. The molecule has 4 heteroatoms. The number of aromatic nitrogens is 1. The predicted octanol–water partition coefficient (Wildman–Crippen LogP) is 3.19. The minimum Gasteiger partial charge on any atom is -0.358 e. The summed E-state index contributed by atoms with van der Waals surface area (Å²) in [4.78, 5) is 6.22. The van der Waals surface area contributed by atoms with Gasteiger partial charge in [-0.3, -0.25) is 0 Å². The van der Waals surface area contributed by atoms with Gasteiger partial charge in [0.2, 0.25) is 0 Å². The van der Waals surface area contributed by atoms with Gasteiger partial charge in [-0.15, -0.1) is 11.6 Å². The number of rotatable bonds is 4. The lowest BCUT2D eigenvalue weighted by atomic mass is 10.3. The van der Waals surface area contributed by atoms with Crippen molar-refractivity contribution in [3.05, 3.63) is 23.4 Å². The Balaban J connectivity index is 2.60. The van der Waals surface area contributed by atoms with Crippen molar-refractivity contribution in [2.24, 2.45) is 0 Å². The fraction of sp³-hybridized carbons (Fsp3) is 0.500. The molecule has 0 fully saturated rings. The highest BCUT2D eigenvalue weighted by molar-refractivity contribution is 6.32. The van der Waals surface area contributed by atoms with Crippen LogP contribution in [0.2, 0.25) is 5.02 Å². The second kappa shape index (κ2) is 5.42. The number of anilines is 1. The summed E-state index contributed by atoms with van der Waals surface area (Å²) in [5, 5.41) is 0.858. The highest BCUT2D eigenvalue weighted by atomic mass is 35.5. The van der Waals surface area contributed by atoms with E-state index in [2.05, 4.69) is 4.98 Å². The summed E-state index contributed by atoms with van der Waals surface area (Å²) in [6.07, 6.45) is 2.66. The van der Waals surface area contributed by atoms with Crippen molar-refractivity contribution in [3.8, 4) is 0 Å². The molecule has 0 saturated carbocycles. The van der Waals surface area contributed by atoms with E-state index in [0.29, 0.717) is 5.02 Å². The summed E-state index contributed by atoms with van der Waals surface area (Å²) in [5.41, 5.74) is 0. The summed E-state index contributed by atoms with van der Waals surface area (Å²) in [6.45, 7) is 2.84. The number of pyridine rings is 1. The third-order valence-corrected chi connectivity index (χ3v) is 2.48. The molecule has 78 valence electrons. The first-order valence-electron chi connectivity index (χ1n) is 4.57. The van der Waals surface area contributed by atoms with Crippen LogP contribution < -0.4 is 4.90 Å². The predicted molar refractivity (Wildman–Crippen MR) is 62.4 cm³/mol. The minimum atomic E-state index is 0.180. The molecule has 0 spiro atoms. The van der Waals surface area contributed by atoms with Crippen molar-refractivity contribution in [2.75, 3.05) is 18.5 Å². The second-order valence-electron chi connectivity index (χ2n) is 3.30. The van der Waals surface area contributed by atoms with Gasteiger partial charge in [0.05, 0.1) is 5.02 Å². The van der Waals surface area contributed by atoms with Gasteiger partial charge in [-0.2, -0.15) is 0 Å². The Morgan fingerprint density at radius 2 is 2.29 bits per heavy atom. The standard InChI is InChI=1S/C10H14Cl2N2/c1-8(11)5-7-14(2)10-9(12)4-3-6-13-10/h3-4,6,8H,5,7H2,1-2H3. The fourth-order valence-corrected chi connectivity index (χ4v) is 1.50. The molecule has 1 aromatic heterocycles. The Kier molecular flexibility index (Phi) is 4.49. The monoisotopic (exact) mass is 232 g/mol. The highest BCUT2D eigenvalue weighted by Gasteiger charge is 2.07. The van der Waals surface area contributed by atoms with Crippen LogP contribution in [0.4, 0.5) is 5.82 Å². The van der Waals surface area contributed by atoms with E-state index in [1.165, 1.54) is 0 Å². The molecule has 1 rings (SSSR count). The van der Waals surface area contributed by atoms with Crippen LogP contribution in [-0.4, -0.2) is 24.0 Å². The lowest BCUT2D eigenvalue weighted by Gasteiger charge is -2.19. The largest absolute Gasteiger partial charge is 0.358 e. The molecule has 0 aliphatic rings. The molecular weight excluding hydrogens is 219 g/mol. The summed E-state index contributed by atoms with van der Waals surface area (Å²) in [7, 11) is 1.97. The third-order valence-electron chi connectivity index (χ3n) is 1.96. The Hall–Kier alpha value is -0.470. The molecule has 14 heavy (non-hydrogen) atoms. The Morgan fingerprint density at radius 1 is 1.57 bits per heavy atom. The summed E-state index contributed by atoms with van der Waals surface area (Å²) in [5.74, 6) is 0.812. The topological polar surface area (TPSA) is 16.1 Å². The maximum atomic E-state index is 6.00. The van der Waals surface area contributed by atoms with Gasteiger partial charge in [0.15, 0.2) is 0 Å². The Morgan fingerprint density at radius 3 is 2.86 bits per heavy atom. The summed E-state index contributed by atoms with van der Waals surface area (Å²) >= 11 is 11.9. The smallest absolute Gasteiger partial charge is 0.147 e.